The summed E-state index contributed by atoms with van der Waals surface area (Å²) in [4.78, 5) is 8.17. The number of rotatable bonds is 5. The molecule has 0 aliphatic rings. The van der Waals surface area contributed by atoms with Crippen LogP contribution in [0.3, 0.4) is 0 Å². The molecule has 0 amide bonds. The van der Waals surface area contributed by atoms with E-state index in [0.717, 1.165) is 0 Å². The minimum absolute atomic E-state index is 0.163. The molecule has 1 aromatic carbocycles. The zero-order chi connectivity index (χ0) is 15.3. The SMILES string of the molecule is CNc1cnc(COc2ccc(OC(F)(F)F)cc2)cn1. The molecule has 0 fully saturated rings. The summed E-state index contributed by atoms with van der Waals surface area (Å²) in [5.41, 5.74) is 0.601. The smallest absolute Gasteiger partial charge is 0.487 e. The zero-order valence-electron chi connectivity index (χ0n) is 11.0. The molecule has 0 spiro atoms. The first kappa shape index (κ1) is 14.9. The lowest BCUT2D eigenvalue weighted by Gasteiger charge is -2.10. The number of benzene rings is 1. The third kappa shape index (κ3) is 4.83. The average Bonchev–Trinajstić information content (AvgIpc) is 2.45. The highest BCUT2D eigenvalue weighted by atomic mass is 19.4. The van der Waals surface area contributed by atoms with Crippen LogP contribution in [0.5, 0.6) is 11.5 Å². The molecule has 21 heavy (non-hydrogen) atoms. The van der Waals surface area contributed by atoms with Gasteiger partial charge in [0.15, 0.2) is 0 Å². The van der Waals surface area contributed by atoms with Crippen molar-refractivity contribution in [2.45, 2.75) is 13.0 Å². The zero-order valence-corrected chi connectivity index (χ0v) is 11.0. The van der Waals surface area contributed by atoms with Gasteiger partial charge in [0.05, 0.1) is 18.1 Å². The summed E-state index contributed by atoms with van der Waals surface area (Å²) in [6.45, 7) is 0.163. The van der Waals surface area contributed by atoms with Gasteiger partial charge < -0.3 is 14.8 Å². The van der Waals surface area contributed by atoms with Crippen LogP contribution >= 0.6 is 0 Å². The number of hydrogen-bond acceptors (Lipinski definition) is 5. The summed E-state index contributed by atoms with van der Waals surface area (Å²) >= 11 is 0. The highest BCUT2D eigenvalue weighted by molar-refractivity contribution is 5.32. The highest BCUT2D eigenvalue weighted by Gasteiger charge is 2.30. The number of anilines is 1. The molecule has 8 heteroatoms. The van der Waals surface area contributed by atoms with Crippen molar-refractivity contribution in [3.8, 4) is 11.5 Å². The Morgan fingerprint density at radius 1 is 1.05 bits per heavy atom. The molecule has 5 nitrogen and oxygen atoms in total. The maximum absolute atomic E-state index is 12.0. The fraction of sp³-hybridized carbons (Fsp3) is 0.231. The number of halogens is 3. The maximum atomic E-state index is 12.0. The van der Waals surface area contributed by atoms with Gasteiger partial charge in [-0.25, -0.2) is 4.98 Å². The molecule has 2 aromatic rings. The summed E-state index contributed by atoms with van der Waals surface area (Å²) in [7, 11) is 1.73. The van der Waals surface area contributed by atoms with Crippen molar-refractivity contribution < 1.29 is 22.6 Å². The van der Waals surface area contributed by atoms with Crippen LogP contribution in [0.1, 0.15) is 5.69 Å². The summed E-state index contributed by atoms with van der Waals surface area (Å²) in [6, 6.07) is 5.13. The van der Waals surface area contributed by atoms with Crippen molar-refractivity contribution in [3.63, 3.8) is 0 Å². The Balaban J connectivity index is 1.91. The summed E-state index contributed by atoms with van der Waals surface area (Å²) in [6.07, 6.45) is -1.60. The van der Waals surface area contributed by atoms with Crippen molar-refractivity contribution in [1.82, 2.24) is 9.97 Å². The van der Waals surface area contributed by atoms with Crippen LogP contribution in [0.25, 0.3) is 0 Å². The number of ether oxygens (including phenoxy) is 2. The van der Waals surface area contributed by atoms with Crippen LogP contribution in [0, 0.1) is 0 Å². The minimum atomic E-state index is -4.70. The maximum Gasteiger partial charge on any atom is 0.573 e. The lowest BCUT2D eigenvalue weighted by atomic mass is 10.3. The minimum Gasteiger partial charge on any atom is -0.487 e. The van der Waals surface area contributed by atoms with Gasteiger partial charge in [0.25, 0.3) is 0 Å². The van der Waals surface area contributed by atoms with Gasteiger partial charge in [0.2, 0.25) is 0 Å². The van der Waals surface area contributed by atoms with E-state index in [-0.39, 0.29) is 12.4 Å². The molecular formula is C13H12F3N3O2. The van der Waals surface area contributed by atoms with E-state index in [9.17, 15) is 13.2 Å². The molecule has 0 aliphatic heterocycles. The Hall–Kier alpha value is -2.51. The molecule has 1 heterocycles. The standard InChI is InChI=1S/C13H12F3N3O2/c1-17-12-7-18-9(6-19-12)8-20-10-2-4-11(5-3-10)21-13(14,15)16/h2-7H,8H2,1H3,(H,17,19). The predicted octanol–water partition coefficient (Wildman–Crippen LogP) is 3.00. The number of hydrogen-bond donors (Lipinski definition) is 1. The first-order valence-electron chi connectivity index (χ1n) is 5.93. The lowest BCUT2D eigenvalue weighted by molar-refractivity contribution is -0.274. The van der Waals surface area contributed by atoms with Gasteiger partial charge in [-0.2, -0.15) is 0 Å². The molecule has 0 bridgehead atoms. The van der Waals surface area contributed by atoms with E-state index < -0.39 is 6.36 Å². The molecule has 1 aromatic heterocycles. The summed E-state index contributed by atoms with van der Waals surface area (Å²) in [5, 5.41) is 2.83. The molecule has 0 atom stereocenters. The van der Waals surface area contributed by atoms with Gasteiger partial charge in [-0.1, -0.05) is 0 Å². The van der Waals surface area contributed by atoms with E-state index in [0.29, 0.717) is 17.3 Å². The second-order valence-electron chi connectivity index (χ2n) is 3.95. The fourth-order valence-corrected chi connectivity index (χ4v) is 1.45. The largest absolute Gasteiger partial charge is 0.573 e. The molecule has 0 saturated carbocycles. The van der Waals surface area contributed by atoms with Crippen molar-refractivity contribution in [2.75, 3.05) is 12.4 Å². The topological polar surface area (TPSA) is 56.3 Å². The first-order valence-corrected chi connectivity index (χ1v) is 5.93. The van der Waals surface area contributed by atoms with Crippen LogP contribution in [0.4, 0.5) is 19.0 Å². The van der Waals surface area contributed by atoms with Gasteiger partial charge in [-0.15, -0.1) is 13.2 Å². The van der Waals surface area contributed by atoms with Crippen molar-refractivity contribution in [3.05, 3.63) is 42.4 Å². The Kier molecular flexibility index (Phi) is 4.46. The lowest BCUT2D eigenvalue weighted by Crippen LogP contribution is -2.16. The van der Waals surface area contributed by atoms with E-state index in [1.165, 1.54) is 24.3 Å². The van der Waals surface area contributed by atoms with E-state index in [4.69, 9.17) is 4.74 Å². The number of nitrogens with zero attached hydrogens (tertiary/aromatic N) is 2. The molecule has 112 valence electrons. The van der Waals surface area contributed by atoms with Crippen LogP contribution in [-0.4, -0.2) is 23.4 Å². The van der Waals surface area contributed by atoms with E-state index in [2.05, 4.69) is 20.0 Å². The van der Waals surface area contributed by atoms with Crippen molar-refractivity contribution in [2.24, 2.45) is 0 Å². The second kappa shape index (κ2) is 6.29. The Morgan fingerprint density at radius 2 is 1.71 bits per heavy atom. The average molecular weight is 299 g/mol. The Bertz CT molecular complexity index is 571. The van der Waals surface area contributed by atoms with Gasteiger partial charge in [0, 0.05) is 7.05 Å². The quantitative estimate of drug-likeness (QED) is 0.919. The molecule has 0 unspecified atom stereocenters. The van der Waals surface area contributed by atoms with Crippen molar-refractivity contribution >= 4 is 5.82 Å². The number of nitrogens with one attached hydrogen (secondary N) is 1. The molecule has 1 N–H and O–H groups in total. The van der Waals surface area contributed by atoms with Gasteiger partial charge in [0.1, 0.15) is 23.9 Å². The summed E-state index contributed by atoms with van der Waals surface area (Å²) < 4.78 is 45.1. The highest BCUT2D eigenvalue weighted by Crippen LogP contribution is 2.24. The van der Waals surface area contributed by atoms with Crippen LogP contribution < -0.4 is 14.8 Å². The number of aromatic nitrogens is 2. The molecular weight excluding hydrogens is 287 g/mol. The van der Waals surface area contributed by atoms with E-state index >= 15 is 0 Å². The molecule has 0 aliphatic carbocycles. The normalized spacial score (nSPS) is 11.0. The third-order valence-electron chi connectivity index (χ3n) is 2.41. The van der Waals surface area contributed by atoms with E-state index in [1.54, 1.807) is 19.4 Å². The Labute approximate surface area is 118 Å². The van der Waals surface area contributed by atoms with Crippen molar-refractivity contribution in [1.29, 1.82) is 0 Å². The van der Waals surface area contributed by atoms with Gasteiger partial charge in [-0.05, 0) is 24.3 Å². The van der Waals surface area contributed by atoms with Gasteiger partial charge >= 0.3 is 6.36 Å². The molecule has 0 saturated heterocycles. The predicted molar refractivity (Wildman–Crippen MR) is 69.0 cm³/mol. The third-order valence-corrected chi connectivity index (χ3v) is 2.41. The van der Waals surface area contributed by atoms with E-state index in [1.807, 2.05) is 0 Å². The fourth-order valence-electron chi connectivity index (χ4n) is 1.45. The van der Waals surface area contributed by atoms with Gasteiger partial charge in [-0.3, -0.25) is 4.98 Å². The summed E-state index contributed by atoms with van der Waals surface area (Å²) in [5.74, 6) is 0.740. The second-order valence-corrected chi connectivity index (χ2v) is 3.95. The molecule has 0 radical (unpaired) electrons. The van der Waals surface area contributed by atoms with Crippen LogP contribution in [0.2, 0.25) is 0 Å². The molecule has 2 rings (SSSR count). The first-order chi connectivity index (χ1) is 9.96. The Morgan fingerprint density at radius 3 is 2.24 bits per heavy atom. The van der Waals surface area contributed by atoms with Crippen LogP contribution in [0.15, 0.2) is 36.7 Å². The number of alkyl halides is 3. The monoisotopic (exact) mass is 299 g/mol. The van der Waals surface area contributed by atoms with Crippen LogP contribution in [-0.2, 0) is 6.61 Å².